The zero-order valence-electron chi connectivity index (χ0n) is 5.48. The average molecular weight is 165 g/mol. The highest BCUT2D eigenvalue weighted by atomic mass is 35.5. The molecule has 0 heterocycles. The third-order valence-electron chi connectivity index (χ3n) is 0.835. The van der Waals surface area contributed by atoms with E-state index in [2.05, 4.69) is 6.58 Å². The lowest BCUT2D eigenvalue weighted by Gasteiger charge is -2.14. The normalized spacial score (nSPS) is 11.0. The second-order valence-electron chi connectivity index (χ2n) is 2.15. The van der Waals surface area contributed by atoms with Gasteiger partial charge in [0.25, 0.3) is 4.57 Å². The Morgan fingerprint density at radius 2 is 2.22 bits per heavy atom. The van der Waals surface area contributed by atoms with Crippen LogP contribution in [0.5, 0.6) is 0 Å². The number of carbonyl (C=O) groups is 1. The van der Waals surface area contributed by atoms with Crippen LogP contribution in [0.1, 0.15) is 13.8 Å². The fourth-order valence-electron chi connectivity index (χ4n) is 0.248. The molecule has 9 heavy (non-hydrogen) atoms. The Balaban J connectivity index is 3.86. The molecule has 0 fully saturated rings. The molecule has 0 saturated carbocycles. The molecule has 0 aromatic heterocycles. The molecule has 0 aliphatic rings. The largest absolute Gasteiger partial charge is 0.280 e. The van der Waals surface area contributed by atoms with Crippen molar-refractivity contribution < 1.29 is 4.79 Å². The van der Waals surface area contributed by atoms with Gasteiger partial charge in [-0.1, -0.05) is 17.8 Å². The van der Waals surface area contributed by atoms with E-state index < -0.39 is 0 Å². The zero-order valence-corrected chi connectivity index (χ0v) is 7.05. The molecule has 1 nitrogen and oxygen atoms in total. The number of hydrogen-bond acceptors (Lipinski definition) is 2. The number of thioether (sulfide) groups is 1. The predicted octanol–water partition coefficient (Wildman–Crippen LogP) is 3.04. The van der Waals surface area contributed by atoms with Crippen molar-refractivity contribution in [1.29, 1.82) is 0 Å². The van der Waals surface area contributed by atoms with Crippen LogP contribution in [0.25, 0.3) is 0 Å². The second kappa shape index (κ2) is 3.28. The third kappa shape index (κ3) is 4.55. The van der Waals surface area contributed by atoms with E-state index in [0.717, 1.165) is 11.8 Å². The van der Waals surface area contributed by atoms with Crippen molar-refractivity contribution in [2.45, 2.75) is 18.6 Å². The molecule has 0 aromatic carbocycles. The van der Waals surface area contributed by atoms with Gasteiger partial charge in [-0.25, -0.2) is 0 Å². The smallest absolute Gasteiger partial charge is 0.268 e. The summed E-state index contributed by atoms with van der Waals surface area (Å²) in [7, 11) is 0. The average Bonchev–Trinajstić information content (AvgIpc) is 1.63. The van der Waals surface area contributed by atoms with Crippen molar-refractivity contribution in [2.75, 3.05) is 0 Å². The lowest BCUT2D eigenvalue weighted by Crippen LogP contribution is -2.10. The van der Waals surface area contributed by atoms with Crippen LogP contribution in [0.15, 0.2) is 12.7 Å². The Labute approximate surface area is 64.5 Å². The summed E-state index contributed by atoms with van der Waals surface area (Å²) < 4.78 is -0.626. The molecule has 0 atom stereocenters. The monoisotopic (exact) mass is 164 g/mol. The van der Waals surface area contributed by atoms with E-state index in [1.165, 1.54) is 0 Å². The molecule has 0 aliphatic heterocycles. The van der Waals surface area contributed by atoms with Crippen molar-refractivity contribution in [3.05, 3.63) is 12.7 Å². The zero-order chi connectivity index (χ0) is 7.49. The molecule has 0 saturated heterocycles. The maximum Gasteiger partial charge on any atom is 0.280 e. The third-order valence-corrected chi connectivity index (χ3v) is 1.92. The van der Waals surface area contributed by atoms with Gasteiger partial charge in [0.05, 0.1) is 0 Å². The minimum atomic E-state index is -0.389. The molecule has 3 heteroatoms. The molecular formula is C6H9ClOS. The van der Waals surface area contributed by atoms with Gasteiger partial charge in [-0.3, -0.25) is 4.79 Å². The summed E-state index contributed by atoms with van der Waals surface area (Å²) in [5.74, 6) is 0. The number of hydrogen-bond donors (Lipinski definition) is 0. The van der Waals surface area contributed by atoms with E-state index in [0.29, 0.717) is 0 Å². The second-order valence-corrected chi connectivity index (χ2v) is 4.34. The fourth-order valence-corrected chi connectivity index (χ4v) is 1.34. The van der Waals surface area contributed by atoms with E-state index in [-0.39, 0.29) is 9.32 Å². The van der Waals surface area contributed by atoms with Crippen LogP contribution >= 0.6 is 23.4 Å². The predicted molar refractivity (Wildman–Crippen MR) is 43.1 cm³/mol. The summed E-state index contributed by atoms with van der Waals surface area (Å²) in [4.78, 5) is 10.3. The van der Waals surface area contributed by atoms with Gasteiger partial charge in [-0.15, -0.1) is 6.58 Å². The highest BCUT2D eigenvalue weighted by Crippen LogP contribution is 2.27. The Morgan fingerprint density at radius 1 is 1.78 bits per heavy atom. The standard InChI is InChI=1S/C6H9ClOS/c1-4-6(2,3)9-5(7)8/h4H,1H2,2-3H3. The van der Waals surface area contributed by atoms with Crippen LogP contribution in [0.3, 0.4) is 0 Å². The summed E-state index contributed by atoms with van der Waals surface area (Å²) in [6, 6.07) is 0. The highest BCUT2D eigenvalue weighted by molar-refractivity contribution is 8.17. The van der Waals surface area contributed by atoms with E-state index in [1.807, 2.05) is 13.8 Å². The Bertz CT molecular complexity index is 131. The molecule has 0 bridgehead atoms. The Hall–Kier alpha value is 0.0500. The summed E-state index contributed by atoms with van der Waals surface area (Å²) in [6.07, 6.45) is 1.69. The summed E-state index contributed by atoms with van der Waals surface area (Å²) in [5.41, 5.74) is 0. The first kappa shape index (κ1) is 9.05. The number of rotatable bonds is 2. The van der Waals surface area contributed by atoms with Crippen molar-refractivity contribution in [3.8, 4) is 0 Å². The van der Waals surface area contributed by atoms with Gasteiger partial charge in [0.15, 0.2) is 0 Å². The first-order chi connectivity index (χ1) is 3.98. The molecule has 0 spiro atoms. The molecule has 0 amide bonds. The van der Waals surface area contributed by atoms with Crippen molar-refractivity contribution in [2.24, 2.45) is 0 Å². The number of carbonyl (C=O) groups excluding carboxylic acids is 1. The van der Waals surface area contributed by atoms with E-state index >= 15 is 0 Å². The topological polar surface area (TPSA) is 17.1 Å². The summed E-state index contributed by atoms with van der Waals surface area (Å²) >= 11 is 6.18. The molecule has 0 aromatic rings. The molecule has 0 N–H and O–H groups in total. The minimum absolute atomic E-state index is 0.237. The van der Waals surface area contributed by atoms with Crippen molar-refractivity contribution in [1.82, 2.24) is 0 Å². The van der Waals surface area contributed by atoms with Crippen molar-refractivity contribution >= 4 is 27.9 Å². The van der Waals surface area contributed by atoms with E-state index in [9.17, 15) is 4.79 Å². The lowest BCUT2D eigenvalue weighted by atomic mass is 10.2. The van der Waals surface area contributed by atoms with Gasteiger partial charge in [0.2, 0.25) is 0 Å². The van der Waals surface area contributed by atoms with Crippen LogP contribution in [-0.2, 0) is 0 Å². The fraction of sp³-hybridized carbons (Fsp3) is 0.500. The Kier molecular flexibility index (Phi) is 3.30. The molecule has 0 rings (SSSR count). The van der Waals surface area contributed by atoms with E-state index in [1.54, 1.807) is 6.08 Å². The summed E-state index contributed by atoms with van der Waals surface area (Å²) in [6.45, 7) is 7.31. The Morgan fingerprint density at radius 3 is 2.33 bits per heavy atom. The van der Waals surface area contributed by atoms with Gasteiger partial charge in [0, 0.05) is 4.75 Å². The van der Waals surface area contributed by atoms with Crippen LogP contribution in [0.2, 0.25) is 0 Å². The van der Waals surface area contributed by atoms with Gasteiger partial charge >= 0.3 is 0 Å². The molecular weight excluding hydrogens is 156 g/mol. The first-order valence-electron chi connectivity index (χ1n) is 2.50. The first-order valence-corrected chi connectivity index (χ1v) is 3.69. The maximum atomic E-state index is 10.3. The lowest BCUT2D eigenvalue weighted by molar-refractivity contribution is 0.275. The van der Waals surface area contributed by atoms with Gasteiger partial charge in [0.1, 0.15) is 0 Å². The van der Waals surface area contributed by atoms with Crippen molar-refractivity contribution in [3.63, 3.8) is 0 Å². The molecule has 0 aliphatic carbocycles. The molecule has 0 radical (unpaired) electrons. The minimum Gasteiger partial charge on any atom is -0.268 e. The highest BCUT2D eigenvalue weighted by Gasteiger charge is 2.16. The van der Waals surface area contributed by atoms with E-state index in [4.69, 9.17) is 11.6 Å². The number of halogens is 1. The van der Waals surface area contributed by atoms with Crippen LogP contribution in [-0.4, -0.2) is 9.32 Å². The quantitative estimate of drug-likeness (QED) is 0.461. The molecule has 52 valence electrons. The SMILES string of the molecule is C=CC(C)(C)SC(=O)Cl. The summed E-state index contributed by atoms with van der Waals surface area (Å²) in [5, 5.41) is 0. The molecule has 0 unspecified atom stereocenters. The van der Waals surface area contributed by atoms with Crippen LogP contribution in [0, 0.1) is 0 Å². The van der Waals surface area contributed by atoms with Gasteiger partial charge < -0.3 is 0 Å². The van der Waals surface area contributed by atoms with Crippen LogP contribution < -0.4 is 0 Å². The maximum absolute atomic E-state index is 10.3. The van der Waals surface area contributed by atoms with Gasteiger partial charge in [-0.05, 0) is 25.4 Å². The van der Waals surface area contributed by atoms with Gasteiger partial charge in [-0.2, -0.15) is 0 Å². The van der Waals surface area contributed by atoms with Crippen LogP contribution in [0.4, 0.5) is 4.79 Å².